The lowest BCUT2D eigenvalue weighted by atomic mass is 10.0. The predicted molar refractivity (Wildman–Crippen MR) is 89.7 cm³/mol. The minimum Gasteiger partial charge on any atom is -0.416 e. The van der Waals surface area contributed by atoms with Gasteiger partial charge in [-0.2, -0.15) is 0 Å². The summed E-state index contributed by atoms with van der Waals surface area (Å²) in [4.78, 5) is 18.5. The lowest BCUT2D eigenvalue weighted by Gasteiger charge is -2.30. The van der Waals surface area contributed by atoms with Crippen LogP contribution >= 0.6 is 23.1 Å². The zero-order chi connectivity index (χ0) is 16.2. The molecule has 1 saturated heterocycles. The van der Waals surface area contributed by atoms with Gasteiger partial charge in [0, 0.05) is 18.5 Å². The number of carbonyl (C=O) groups excluding carboxylic acids is 1. The van der Waals surface area contributed by atoms with Crippen LogP contribution in [-0.4, -0.2) is 44.8 Å². The molecule has 0 unspecified atom stereocenters. The molecule has 0 N–H and O–H groups in total. The van der Waals surface area contributed by atoms with Crippen molar-refractivity contribution >= 4 is 29.0 Å². The maximum absolute atomic E-state index is 12.2. The largest absolute Gasteiger partial charge is 0.416 e. The molecule has 3 heterocycles. The van der Waals surface area contributed by atoms with Crippen LogP contribution in [0, 0.1) is 12.8 Å². The van der Waals surface area contributed by atoms with Gasteiger partial charge in [-0.1, -0.05) is 18.7 Å². The number of aromatic nitrogens is 3. The van der Waals surface area contributed by atoms with Crippen LogP contribution in [0.2, 0.25) is 0 Å². The van der Waals surface area contributed by atoms with Crippen LogP contribution < -0.4 is 0 Å². The number of hydrogen-bond acceptors (Lipinski definition) is 7. The zero-order valence-electron chi connectivity index (χ0n) is 13.3. The quantitative estimate of drug-likeness (QED) is 0.771. The fourth-order valence-electron chi connectivity index (χ4n) is 2.64. The highest BCUT2D eigenvalue weighted by molar-refractivity contribution is 7.99. The second-order valence-corrected chi connectivity index (χ2v) is 7.86. The summed E-state index contributed by atoms with van der Waals surface area (Å²) in [6.07, 6.45) is 2.84. The SMILES string of the molecule is Cc1nc(Cc2nnc(SCC(=O)N3CCC[C@@H](C)C3)o2)cs1. The molecule has 0 radical (unpaired) electrons. The van der Waals surface area contributed by atoms with E-state index in [4.69, 9.17) is 4.42 Å². The van der Waals surface area contributed by atoms with Gasteiger partial charge in [-0.05, 0) is 25.7 Å². The number of thiazole rings is 1. The summed E-state index contributed by atoms with van der Waals surface area (Å²) >= 11 is 2.91. The van der Waals surface area contributed by atoms with Crippen LogP contribution in [0.3, 0.4) is 0 Å². The van der Waals surface area contributed by atoms with Crippen molar-refractivity contribution in [2.75, 3.05) is 18.8 Å². The zero-order valence-corrected chi connectivity index (χ0v) is 15.0. The molecule has 0 aliphatic carbocycles. The van der Waals surface area contributed by atoms with E-state index in [1.54, 1.807) is 11.3 Å². The van der Waals surface area contributed by atoms with E-state index in [0.29, 0.717) is 29.2 Å². The second kappa shape index (κ2) is 7.44. The van der Waals surface area contributed by atoms with Gasteiger partial charge in [0.2, 0.25) is 11.8 Å². The van der Waals surface area contributed by atoms with Crippen molar-refractivity contribution < 1.29 is 9.21 Å². The minimum atomic E-state index is 0.149. The third kappa shape index (κ3) is 4.54. The topological polar surface area (TPSA) is 72.1 Å². The van der Waals surface area contributed by atoms with Crippen LogP contribution in [0.15, 0.2) is 15.0 Å². The van der Waals surface area contributed by atoms with E-state index in [0.717, 1.165) is 30.2 Å². The number of carbonyl (C=O) groups is 1. The average Bonchev–Trinajstić information content (AvgIpc) is 3.14. The molecule has 23 heavy (non-hydrogen) atoms. The molecule has 2 aromatic heterocycles. The summed E-state index contributed by atoms with van der Waals surface area (Å²) in [5.74, 6) is 1.63. The van der Waals surface area contributed by atoms with Crippen LogP contribution in [0.4, 0.5) is 0 Å². The van der Waals surface area contributed by atoms with Gasteiger partial charge < -0.3 is 9.32 Å². The third-order valence-corrected chi connectivity index (χ3v) is 5.40. The van der Waals surface area contributed by atoms with Crippen LogP contribution in [0.1, 0.15) is 36.4 Å². The van der Waals surface area contributed by atoms with Gasteiger partial charge in [0.15, 0.2) is 0 Å². The van der Waals surface area contributed by atoms with E-state index in [-0.39, 0.29) is 5.91 Å². The van der Waals surface area contributed by atoms with Crippen molar-refractivity contribution in [3.63, 3.8) is 0 Å². The van der Waals surface area contributed by atoms with Crippen molar-refractivity contribution in [3.05, 3.63) is 22.0 Å². The van der Waals surface area contributed by atoms with Gasteiger partial charge in [-0.15, -0.1) is 21.5 Å². The van der Waals surface area contributed by atoms with Gasteiger partial charge >= 0.3 is 0 Å². The lowest BCUT2D eigenvalue weighted by molar-refractivity contribution is -0.130. The molecule has 0 bridgehead atoms. The predicted octanol–water partition coefficient (Wildman–Crippen LogP) is 2.78. The number of nitrogens with zero attached hydrogens (tertiary/aromatic N) is 4. The Kier molecular flexibility index (Phi) is 5.32. The van der Waals surface area contributed by atoms with Crippen LogP contribution in [0.5, 0.6) is 0 Å². The second-order valence-electron chi connectivity index (χ2n) is 5.87. The summed E-state index contributed by atoms with van der Waals surface area (Å²) in [6.45, 7) is 5.88. The van der Waals surface area contributed by atoms with E-state index in [2.05, 4.69) is 22.1 Å². The third-order valence-electron chi connectivity index (χ3n) is 3.78. The molecule has 3 rings (SSSR count). The lowest BCUT2D eigenvalue weighted by Crippen LogP contribution is -2.40. The van der Waals surface area contributed by atoms with Crippen LogP contribution in [0.25, 0.3) is 0 Å². The summed E-state index contributed by atoms with van der Waals surface area (Å²) in [6, 6.07) is 0. The van der Waals surface area contributed by atoms with Gasteiger partial charge in [-0.3, -0.25) is 4.79 Å². The molecule has 2 aromatic rings. The molecule has 1 fully saturated rings. The smallest absolute Gasteiger partial charge is 0.277 e. The number of hydrogen-bond donors (Lipinski definition) is 0. The molecule has 0 aromatic carbocycles. The molecule has 1 aliphatic rings. The van der Waals surface area contributed by atoms with Gasteiger partial charge in [0.1, 0.15) is 0 Å². The summed E-state index contributed by atoms with van der Waals surface area (Å²) in [5.41, 5.74) is 0.936. The average molecular weight is 352 g/mol. The minimum absolute atomic E-state index is 0.149. The Morgan fingerprint density at radius 1 is 1.52 bits per heavy atom. The molecular weight excluding hydrogens is 332 g/mol. The Bertz CT molecular complexity index is 670. The molecular formula is C15H20N4O2S2. The molecule has 0 spiro atoms. The van der Waals surface area contributed by atoms with E-state index >= 15 is 0 Å². The Balaban J connectivity index is 1.50. The molecule has 1 atom stereocenters. The molecule has 8 heteroatoms. The molecule has 6 nitrogen and oxygen atoms in total. The van der Waals surface area contributed by atoms with Crippen molar-refractivity contribution in [3.8, 4) is 0 Å². The van der Waals surface area contributed by atoms with E-state index in [1.165, 1.54) is 18.2 Å². The Morgan fingerprint density at radius 2 is 2.39 bits per heavy atom. The fourth-order valence-corrected chi connectivity index (χ4v) is 3.94. The first kappa shape index (κ1) is 16.4. The number of amides is 1. The molecule has 124 valence electrons. The first-order valence-corrected chi connectivity index (χ1v) is 9.60. The number of aryl methyl sites for hydroxylation is 1. The van der Waals surface area contributed by atoms with Crippen molar-refractivity contribution in [1.29, 1.82) is 0 Å². The molecule has 0 saturated carbocycles. The molecule has 1 aliphatic heterocycles. The normalized spacial score (nSPS) is 18.3. The first-order chi connectivity index (χ1) is 11.1. The number of likely N-dealkylation sites (tertiary alicyclic amines) is 1. The van der Waals surface area contributed by atoms with E-state index in [9.17, 15) is 4.79 Å². The number of rotatable bonds is 5. The first-order valence-electron chi connectivity index (χ1n) is 7.74. The van der Waals surface area contributed by atoms with E-state index < -0.39 is 0 Å². The van der Waals surface area contributed by atoms with Gasteiger partial charge in [-0.25, -0.2) is 4.98 Å². The van der Waals surface area contributed by atoms with Crippen molar-refractivity contribution in [2.24, 2.45) is 5.92 Å². The maximum Gasteiger partial charge on any atom is 0.277 e. The maximum atomic E-state index is 12.2. The Hall–Kier alpha value is -1.41. The fraction of sp³-hybridized carbons (Fsp3) is 0.600. The number of thioether (sulfide) groups is 1. The van der Waals surface area contributed by atoms with Crippen molar-refractivity contribution in [2.45, 2.75) is 38.3 Å². The highest BCUT2D eigenvalue weighted by Gasteiger charge is 2.21. The Labute approximate surface area is 143 Å². The molecule has 1 amide bonds. The standard InChI is InChI=1S/C15H20N4O2S2/c1-10-4-3-5-19(7-10)14(20)9-23-15-18-17-13(21-15)6-12-8-22-11(2)16-12/h8,10H,3-7,9H2,1-2H3/t10-/m1/s1. The van der Waals surface area contributed by atoms with E-state index in [1.807, 2.05) is 17.2 Å². The van der Waals surface area contributed by atoms with Crippen molar-refractivity contribution in [1.82, 2.24) is 20.1 Å². The highest BCUT2D eigenvalue weighted by Crippen LogP contribution is 2.21. The monoisotopic (exact) mass is 352 g/mol. The van der Waals surface area contributed by atoms with Crippen LogP contribution in [-0.2, 0) is 11.2 Å². The summed E-state index contributed by atoms with van der Waals surface area (Å²) < 4.78 is 5.59. The highest BCUT2D eigenvalue weighted by atomic mass is 32.2. The summed E-state index contributed by atoms with van der Waals surface area (Å²) in [7, 11) is 0. The van der Waals surface area contributed by atoms with Gasteiger partial charge in [0.25, 0.3) is 5.22 Å². The Morgan fingerprint density at radius 3 is 3.13 bits per heavy atom. The number of piperidine rings is 1. The van der Waals surface area contributed by atoms with Gasteiger partial charge in [0.05, 0.1) is 22.9 Å². The summed E-state index contributed by atoms with van der Waals surface area (Å²) in [5, 5.41) is 11.5.